The van der Waals surface area contributed by atoms with Crippen molar-refractivity contribution >= 4 is 0 Å². The van der Waals surface area contributed by atoms with Crippen LogP contribution in [0.1, 0.15) is 36.7 Å². The average molecular weight is 479 g/mol. The molecule has 0 fully saturated rings. The minimum atomic E-state index is -0.0633. The van der Waals surface area contributed by atoms with Crippen LogP contribution < -0.4 is 5.56 Å². The number of para-hydroxylation sites is 1. The molecular weight excluding hydrogens is 452 g/mol. The molecular formula is C27H26N8O. The molecule has 0 amide bonds. The fraction of sp³-hybridized carbons (Fsp3) is 0.222. The number of aryl methyl sites for hydroxylation is 1. The van der Waals surface area contributed by atoms with Crippen LogP contribution in [0.5, 0.6) is 0 Å². The summed E-state index contributed by atoms with van der Waals surface area (Å²) in [5.41, 5.74) is 5.69. The third-order valence-electron chi connectivity index (χ3n) is 6.12. The third kappa shape index (κ3) is 4.68. The van der Waals surface area contributed by atoms with E-state index in [-0.39, 0.29) is 5.56 Å². The zero-order valence-corrected chi connectivity index (χ0v) is 20.2. The molecule has 4 heterocycles. The van der Waals surface area contributed by atoms with Crippen molar-refractivity contribution < 1.29 is 0 Å². The molecule has 1 aromatic carbocycles. The van der Waals surface area contributed by atoms with Gasteiger partial charge in [0.05, 0.1) is 11.4 Å². The first-order chi connectivity index (χ1) is 17.7. The lowest BCUT2D eigenvalue weighted by molar-refractivity contribution is 0.730. The van der Waals surface area contributed by atoms with E-state index in [1.165, 1.54) is 0 Å². The van der Waals surface area contributed by atoms with E-state index in [1.54, 1.807) is 28.8 Å². The van der Waals surface area contributed by atoms with E-state index in [0.29, 0.717) is 23.5 Å². The van der Waals surface area contributed by atoms with E-state index in [9.17, 15) is 4.79 Å². The van der Waals surface area contributed by atoms with Crippen molar-refractivity contribution in [3.8, 4) is 28.3 Å². The molecule has 0 unspecified atom stereocenters. The van der Waals surface area contributed by atoms with Gasteiger partial charge in [-0.3, -0.25) is 19.3 Å². The number of pyridine rings is 2. The van der Waals surface area contributed by atoms with Gasteiger partial charge in [0.15, 0.2) is 5.82 Å². The van der Waals surface area contributed by atoms with Gasteiger partial charge in [-0.1, -0.05) is 43.7 Å². The smallest absolute Gasteiger partial charge is 0.257 e. The Bertz CT molecular complexity index is 1510. The van der Waals surface area contributed by atoms with Gasteiger partial charge in [0.1, 0.15) is 12.0 Å². The first-order valence-electron chi connectivity index (χ1n) is 11.9. The second-order valence-electron chi connectivity index (χ2n) is 8.53. The van der Waals surface area contributed by atoms with Crippen LogP contribution >= 0.6 is 0 Å². The molecule has 5 rings (SSSR count). The monoisotopic (exact) mass is 478 g/mol. The van der Waals surface area contributed by atoms with Crippen LogP contribution in [0.25, 0.3) is 28.3 Å². The molecule has 0 aliphatic heterocycles. The van der Waals surface area contributed by atoms with E-state index >= 15 is 0 Å². The number of hydrogen-bond acceptors (Lipinski definition) is 7. The van der Waals surface area contributed by atoms with Gasteiger partial charge in [-0.2, -0.15) is 4.68 Å². The summed E-state index contributed by atoms with van der Waals surface area (Å²) < 4.78 is 3.21. The lowest BCUT2D eigenvalue weighted by atomic mass is 10.0. The van der Waals surface area contributed by atoms with E-state index in [0.717, 1.165) is 47.5 Å². The molecule has 0 radical (unpaired) electrons. The topological polar surface area (TPSA) is 104 Å². The van der Waals surface area contributed by atoms with Gasteiger partial charge in [-0.25, -0.2) is 4.98 Å². The van der Waals surface area contributed by atoms with E-state index < -0.39 is 0 Å². The Balaban J connectivity index is 1.49. The highest BCUT2D eigenvalue weighted by molar-refractivity contribution is 5.72. The Morgan fingerprint density at radius 2 is 1.83 bits per heavy atom. The van der Waals surface area contributed by atoms with Gasteiger partial charge in [-0.15, -0.1) is 5.10 Å². The third-order valence-corrected chi connectivity index (χ3v) is 6.12. The van der Waals surface area contributed by atoms with Gasteiger partial charge in [0.2, 0.25) is 0 Å². The highest BCUT2D eigenvalue weighted by Crippen LogP contribution is 2.26. The van der Waals surface area contributed by atoms with Gasteiger partial charge in [0, 0.05) is 48.2 Å². The van der Waals surface area contributed by atoms with Crippen molar-refractivity contribution in [2.75, 3.05) is 0 Å². The first kappa shape index (κ1) is 23.2. The summed E-state index contributed by atoms with van der Waals surface area (Å²) in [6.45, 7) is 2.13. The number of aromatic nitrogens is 8. The Kier molecular flexibility index (Phi) is 6.70. The predicted octanol–water partition coefficient (Wildman–Crippen LogP) is 3.81. The summed E-state index contributed by atoms with van der Waals surface area (Å²) in [4.78, 5) is 27.5. The Hall–Kier alpha value is -4.53. The maximum absolute atomic E-state index is 13.5. The summed E-state index contributed by atoms with van der Waals surface area (Å²) in [7, 11) is 1.75. The van der Waals surface area contributed by atoms with E-state index in [1.807, 2.05) is 60.8 Å². The van der Waals surface area contributed by atoms with Crippen LogP contribution in [-0.2, 0) is 19.9 Å². The molecule has 180 valence electrons. The number of unbranched alkanes of at least 4 members (excludes halogenated alkanes) is 1. The van der Waals surface area contributed by atoms with Crippen LogP contribution in [0.2, 0.25) is 0 Å². The summed E-state index contributed by atoms with van der Waals surface area (Å²) in [6.07, 6.45) is 8.22. The average Bonchev–Trinajstić information content (AvgIpc) is 3.47. The molecule has 9 nitrogen and oxygen atoms in total. The molecule has 0 atom stereocenters. The molecule has 9 heteroatoms. The second-order valence-corrected chi connectivity index (χ2v) is 8.53. The molecule has 0 bridgehead atoms. The molecule has 0 aliphatic carbocycles. The van der Waals surface area contributed by atoms with E-state index in [2.05, 4.69) is 27.4 Å². The zero-order valence-electron chi connectivity index (χ0n) is 20.2. The number of tetrazole rings is 1. The minimum absolute atomic E-state index is 0.0633. The molecule has 5 aromatic rings. The largest absolute Gasteiger partial charge is 0.294 e. The Morgan fingerprint density at radius 3 is 2.56 bits per heavy atom. The first-order valence-corrected chi connectivity index (χ1v) is 11.9. The SMILES string of the molecule is CCCCc1nc(-c2ccccn2)n(C)c(=O)c1Cc1ccc(-c2ccccc2-n2cnnn2)cn1. The van der Waals surface area contributed by atoms with Gasteiger partial charge in [-0.05, 0) is 47.5 Å². The van der Waals surface area contributed by atoms with Gasteiger partial charge >= 0.3 is 0 Å². The molecule has 36 heavy (non-hydrogen) atoms. The van der Waals surface area contributed by atoms with E-state index in [4.69, 9.17) is 9.97 Å². The number of nitrogens with zero attached hydrogens (tertiary/aromatic N) is 8. The number of hydrogen-bond donors (Lipinski definition) is 0. The summed E-state index contributed by atoms with van der Waals surface area (Å²) in [6, 6.07) is 17.5. The molecule has 0 saturated heterocycles. The van der Waals surface area contributed by atoms with Crippen LogP contribution in [0.15, 0.2) is 78.1 Å². The zero-order chi connectivity index (χ0) is 24.9. The highest BCUT2D eigenvalue weighted by Gasteiger charge is 2.17. The quantitative estimate of drug-likeness (QED) is 0.334. The standard InChI is InChI=1S/C27H26N8O/c1-3-4-10-23-22(27(36)34(2)26(31-23)24-11-7-8-15-28-24)16-20-14-13-19(17-29-20)21-9-5-6-12-25(21)35-18-30-32-33-35/h5-9,11-15,17-18H,3-4,10,16H2,1-2H3. The van der Waals surface area contributed by atoms with Crippen molar-refractivity contribution in [1.82, 2.24) is 39.7 Å². The summed E-state index contributed by atoms with van der Waals surface area (Å²) >= 11 is 0. The summed E-state index contributed by atoms with van der Waals surface area (Å²) in [5.74, 6) is 0.581. The van der Waals surface area contributed by atoms with Gasteiger partial charge in [0.25, 0.3) is 5.56 Å². The van der Waals surface area contributed by atoms with Crippen molar-refractivity contribution in [3.05, 3.63) is 101 Å². The number of benzene rings is 1. The maximum Gasteiger partial charge on any atom is 0.257 e. The van der Waals surface area contributed by atoms with Crippen LogP contribution in [0.4, 0.5) is 0 Å². The van der Waals surface area contributed by atoms with Crippen LogP contribution in [-0.4, -0.2) is 39.7 Å². The van der Waals surface area contributed by atoms with Crippen LogP contribution in [0.3, 0.4) is 0 Å². The molecule has 4 aromatic heterocycles. The molecule has 0 N–H and O–H groups in total. The fourth-order valence-corrected chi connectivity index (χ4v) is 4.20. The lowest BCUT2D eigenvalue weighted by Gasteiger charge is -2.14. The molecule has 0 spiro atoms. The molecule has 0 aliphatic rings. The normalized spacial score (nSPS) is 11.1. The predicted molar refractivity (Wildman–Crippen MR) is 137 cm³/mol. The number of rotatable bonds is 8. The van der Waals surface area contributed by atoms with Crippen molar-refractivity contribution in [3.63, 3.8) is 0 Å². The summed E-state index contributed by atoms with van der Waals surface area (Å²) in [5, 5.41) is 11.5. The Labute approximate surface area is 208 Å². The lowest BCUT2D eigenvalue weighted by Crippen LogP contribution is -2.27. The second kappa shape index (κ2) is 10.4. The van der Waals surface area contributed by atoms with Gasteiger partial charge < -0.3 is 0 Å². The highest BCUT2D eigenvalue weighted by atomic mass is 16.1. The maximum atomic E-state index is 13.5. The minimum Gasteiger partial charge on any atom is -0.294 e. The van der Waals surface area contributed by atoms with Crippen LogP contribution in [0, 0.1) is 0 Å². The van der Waals surface area contributed by atoms with Crippen molar-refractivity contribution in [2.24, 2.45) is 7.05 Å². The molecule has 0 saturated carbocycles. The Morgan fingerprint density at radius 1 is 0.972 bits per heavy atom. The van der Waals surface area contributed by atoms with Crippen molar-refractivity contribution in [2.45, 2.75) is 32.6 Å². The van der Waals surface area contributed by atoms with Crippen molar-refractivity contribution in [1.29, 1.82) is 0 Å². The fourth-order valence-electron chi connectivity index (χ4n) is 4.20.